The first-order valence-electron chi connectivity index (χ1n) is 4.83. The minimum absolute atomic E-state index is 0.00633. The molecule has 1 amide bonds. The normalized spacial score (nSPS) is 18.4. The van der Waals surface area contributed by atoms with Crippen LogP contribution in [0.3, 0.4) is 0 Å². The quantitative estimate of drug-likeness (QED) is 0.640. The van der Waals surface area contributed by atoms with Crippen LogP contribution in [0.5, 0.6) is 0 Å². The van der Waals surface area contributed by atoms with Crippen molar-refractivity contribution in [2.75, 3.05) is 19.6 Å². The molecule has 4 nitrogen and oxygen atoms in total. The van der Waals surface area contributed by atoms with Crippen molar-refractivity contribution in [1.82, 2.24) is 4.90 Å². The maximum atomic E-state index is 11.5. The zero-order valence-electron chi connectivity index (χ0n) is 8.15. The number of nitrogens with zero attached hydrogens (tertiary/aromatic N) is 2. The summed E-state index contributed by atoms with van der Waals surface area (Å²) in [6, 6.07) is 2.23. The Morgan fingerprint density at radius 1 is 1.57 bits per heavy atom. The van der Waals surface area contributed by atoms with E-state index in [9.17, 15) is 4.79 Å². The number of carbonyl (C=O) groups excluding carboxylic acids is 1. The maximum Gasteiger partial charge on any atom is 0.246 e. The molecule has 14 heavy (non-hydrogen) atoms. The van der Waals surface area contributed by atoms with Crippen molar-refractivity contribution in [3.8, 4) is 6.07 Å². The van der Waals surface area contributed by atoms with E-state index in [4.69, 9.17) is 11.0 Å². The third kappa shape index (κ3) is 2.86. The summed E-state index contributed by atoms with van der Waals surface area (Å²) in [6.07, 6.45) is 4.74. The molecule has 0 saturated carbocycles. The van der Waals surface area contributed by atoms with Gasteiger partial charge in [-0.2, -0.15) is 5.26 Å². The SMILES string of the molecule is N#CC1CCN(C(=O)/C=C/CN)CC1. The first kappa shape index (κ1) is 10.7. The Morgan fingerprint density at radius 3 is 2.71 bits per heavy atom. The summed E-state index contributed by atoms with van der Waals surface area (Å²) in [5.41, 5.74) is 5.25. The number of likely N-dealkylation sites (tertiary alicyclic amines) is 1. The molecule has 0 aromatic rings. The molecule has 2 N–H and O–H groups in total. The maximum absolute atomic E-state index is 11.5. The van der Waals surface area contributed by atoms with Gasteiger partial charge in [0.25, 0.3) is 0 Å². The molecule has 0 atom stereocenters. The lowest BCUT2D eigenvalue weighted by Gasteiger charge is -2.28. The van der Waals surface area contributed by atoms with Gasteiger partial charge in [-0.05, 0) is 12.8 Å². The Hall–Kier alpha value is -1.34. The van der Waals surface area contributed by atoms with Crippen LogP contribution in [0, 0.1) is 17.2 Å². The Balaban J connectivity index is 2.38. The molecule has 0 aromatic carbocycles. The number of nitrogens with two attached hydrogens (primary N) is 1. The summed E-state index contributed by atoms with van der Waals surface area (Å²) in [5.74, 6) is 0.129. The second-order valence-electron chi connectivity index (χ2n) is 3.37. The number of hydrogen-bond acceptors (Lipinski definition) is 3. The van der Waals surface area contributed by atoms with E-state index in [2.05, 4.69) is 6.07 Å². The van der Waals surface area contributed by atoms with E-state index < -0.39 is 0 Å². The smallest absolute Gasteiger partial charge is 0.246 e. The third-order valence-electron chi connectivity index (χ3n) is 2.39. The fraction of sp³-hybridized carbons (Fsp3) is 0.600. The van der Waals surface area contributed by atoms with Crippen molar-refractivity contribution in [3.63, 3.8) is 0 Å². The van der Waals surface area contributed by atoms with Crippen LogP contribution >= 0.6 is 0 Å². The van der Waals surface area contributed by atoms with E-state index in [1.54, 1.807) is 11.0 Å². The van der Waals surface area contributed by atoms with Crippen molar-refractivity contribution < 1.29 is 4.79 Å². The van der Waals surface area contributed by atoms with E-state index in [1.165, 1.54) is 6.08 Å². The monoisotopic (exact) mass is 193 g/mol. The van der Waals surface area contributed by atoms with Crippen LogP contribution in [-0.2, 0) is 4.79 Å². The van der Waals surface area contributed by atoms with Gasteiger partial charge in [0.05, 0.1) is 6.07 Å². The van der Waals surface area contributed by atoms with Gasteiger partial charge in [-0.25, -0.2) is 0 Å². The van der Waals surface area contributed by atoms with E-state index in [0.717, 1.165) is 12.8 Å². The number of rotatable bonds is 2. The Bertz CT molecular complexity index is 259. The summed E-state index contributed by atoms with van der Waals surface area (Å²) in [4.78, 5) is 13.2. The van der Waals surface area contributed by atoms with Crippen molar-refractivity contribution in [3.05, 3.63) is 12.2 Å². The number of nitriles is 1. The van der Waals surface area contributed by atoms with Gasteiger partial charge in [0.2, 0.25) is 5.91 Å². The van der Waals surface area contributed by atoms with Gasteiger partial charge in [-0.15, -0.1) is 0 Å². The van der Waals surface area contributed by atoms with E-state index in [0.29, 0.717) is 19.6 Å². The Kier molecular flexibility index (Phi) is 4.14. The highest BCUT2D eigenvalue weighted by molar-refractivity contribution is 5.87. The molecule has 76 valence electrons. The molecule has 0 aromatic heterocycles. The number of carbonyl (C=O) groups is 1. The fourth-order valence-corrected chi connectivity index (χ4v) is 1.50. The standard InChI is InChI=1S/C10H15N3O/c11-5-1-2-10(14)13-6-3-9(8-12)4-7-13/h1-2,9H,3-7,11H2/b2-1+. The van der Waals surface area contributed by atoms with Crippen LogP contribution in [-0.4, -0.2) is 30.4 Å². The van der Waals surface area contributed by atoms with Crippen LogP contribution in [0.2, 0.25) is 0 Å². The van der Waals surface area contributed by atoms with Gasteiger partial charge in [0.1, 0.15) is 0 Å². The van der Waals surface area contributed by atoms with Crippen LogP contribution in [0.15, 0.2) is 12.2 Å². The van der Waals surface area contributed by atoms with Gasteiger partial charge in [-0.3, -0.25) is 4.79 Å². The van der Waals surface area contributed by atoms with Gasteiger partial charge < -0.3 is 10.6 Å². The van der Waals surface area contributed by atoms with Gasteiger partial charge >= 0.3 is 0 Å². The van der Waals surface area contributed by atoms with Crippen LogP contribution in [0.25, 0.3) is 0 Å². The summed E-state index contributed by atoms with van der Waals surface area (Å²) < 4.78 is 0. The summed E-state index contributed by atoms with van der Waals surface area (Å²) in [7, 11) is 0. The highest BCUT2D eigenvalue weighted by Gasteiger charge is 2.20. The molecule has 0 spiro atoms. The molecule has 0 aliphatic carbocycles. The number of hydrogen-bond donors (Lipinski definition) is 1. The molecule has 1 rings (SSSR count). The third-order valence-corrected chi connectivity index (χ3v) is 2.39. The topological polar surface area (TPSA) is 70.1 Å². The lowest BCUT2D eigenvalue weighted by Crippen LogP contribution is -2.37. The van der Waals surface area contributed by atoms with Crippen molar-refractivity contribution in [1.29, 1.82) is 5.26 Å². The van der Waals surface area contributed by atoms with E-state index in [1.807, 2.05) is 0 Å². The highest BCUT2D eigenvalue weighted by Crippen LogP contribution is 2.15. The molecule has 1 aliphatic heterocycles. The molecule has 0 radical (unpaired) electrons. The Morgan fingerprint density at radius 2 is 2.21 bits per heavy atom. The predicted octanol–water partition coefficient (Wildman–Crippen LogP) is 0.263. The fourth-order valence-electron chi connectivity index (χ4n) is 1.50. The molecule has 0 bridgehead atoms. The lowest BCUT2D eigenvalue weighted by molar-refractivity contribution is -0.127. The largest absolute Gasteiger partial charge is 0.339 e. The summed E-state index contributed by atoms with van der Waals surface area (Å²) in [6.45, 7) is 1.76. The predicted molar refractivity (Wildman–Crippen MR) is 53.1 cm³/mol. The van der Waals surface area contributed by atoms with Crippen LogP contribution in [0.4, 0.5) is 0 Å². The average Bonchev–Trinajstić information content (AvgIpc) is 2.26. The van der Waals surface area contributed by atoms with Crippen molar-refractivity contribution >= 4 is 5.91 Å². The molecular weight excluding hydrogens is 178 g/mol. The molecular formula is C10H15N3O. The van der Waals surface area contributed by atoms with Gasteiger partial charge in [0, 0.05) is 31.6 Å². The van der Waals surface area contributed by atoms with E-state index in [-0.39, 0.29) is 11.8 Å². The summed E-state index contributed by atoms with van der Waals surface area (Å²) in [5, 5.41) is 8.67. The first-order valence-corrected chi connectivity index (χ1v) is 4.83. The first-order chi connectivity index (χ1) is 6.77. The van der Waals surface area contributed by atoms with Crippen molar-refractivity contribution in [2.45, 2.75) is 12.8 Å². The number of amides is 1. The molecule has 1 aliphatic rings. The summed E-state index contributed by atoms with van der Waals surface area (Å²) >= 11 is 0. The molecule has 4 heteroatoms. The minimum Gasteiger partial charge on any atom is -0.339 e. The molecule has 1 heterocycles. The van der Waals surface area contributed by atoms with E-state index >= 15 is 0 Å². The molecule has 1 fully saturated rings. The highest BCUT2D eigenvalue weighted by atomic mass is 16.2. The zero-order chi connectivity index (χ0) is 10.4. The molecule has 1 saturated heterocycles. The Labute approximate surface area is 84.0 Å². The minimum atomic E-state index is 0.00633. The second-order valence-corrected chi connectivity index (χ2v) is 3.37. The second kappa shape index (κ2) is 5.40. The van der Waals surface area contributed by atoms with Gasteiger partial charge in [-0.1, -0.05) is 6.08 Å². The molecule has 0 unspecified atom stereocenters. The average molecular weight is 193 g/mol. The zero-order valence-corrected chi connectivity index (χ0v) is 8.15. The van der Waals surface area contributed by atoms with Crippen LogP contribution in [0.1, 0.15) is 12.8 Å². The van der Waals surface area contributed by atoms with Crippen molar-refractivity contribution in [2.24, 2.45) is 11.7 Å². The van der Waals surface area contributed by atoms with Gasteiger partial charge in [0.15, 0.2) is 0 Å². The number of piperidine rings is 1. The lowest BCUT2D eigenvalue weighted by atomic mass is 9.98. The van der Waals surface area contributed by atoms with Crippen LogP contribution < -0.4 is 5.73 Å².